The summed E-state index contributed by atoms with van der Waals surface area (Å²) in [5.41, 5.74) is 2.84. The topological polar surface area (TPSA) is 12.0 Å². The van der Waals surface area contributed by atoms with Crippen LogP contribution in [0, 0.1) is 5.92 Å². The average molecular weight is 250 g/mol. The van der Waals surface area contributed by atoms with E-state index < -0.39 is 0 Å². The molecule has 2 heteroatoms. The van der Waals surface area contributed by atoms with Crippen LogP contribution in [-0.4, -0.2) is 6.04 Å². The largest absolute Gasteiger partial charge is 0.378 e. The Morgan fingerprint density at radius 2 is 2.14 bits per heavy atom. The van der Waals surface area contributed by atoms with E-state index in [0.717, 1.165) is 0 Å². The molecule has 0 radical (unpaired) electrons. The van der Waals surface area contributed by atoms with Crippen LogP contribution in [0.2, 0.25) is 0 Å². The van der Waals surface area contributed by atoms with Gasteiger partial charge in [0.15, 0.2) is 0 Å². The molecule has 1 fully saturated rings. The molecule has 1 aliphatic heterocycles. The zero-order valence-electron chi connectivity index (χ0n) is 7.83. The SMILES string of the molecule is BrC1=CC2C3=CCCC=C3NC2C=C1. The smallest absolute Gasteiger partial charge is 0.0552 e. The standard InChI is InChI=1S/C12H12BrN/c13-8-5-6-12-10(7-8)9-3-1-2-4-11(9)14-12/h3-7,10,12,14H,1-2H2. The van der Waals surface area contributed by atoms with E-state index in [4.69, 9.17) is 0 Å². The molecule has 2 unspecified atom stereocenters. The Bertz CT molecular complexity index is 387. The maximum Gasteiger partial charge on any atom is 0.0552 e. The molecule has 1 saturated heterocycles. The lowest BCUT2D eigenvalue weighted by molar-refractivity contribution is 0.652. The third-order valence-corrected chi connectivity index (χ3v) is 3.59. The van der Waals surface area contributed by atoms with Crippen molar-refractivity contribution >= 4 is 15.9 Å². The summed E-state index contributed by atoms with van der Waals surface area (Å²) < 4.78 is 1.20. The van der Waals surface area contributed by atoms with Crippen molar-refractivity contribution in [2.24, 2.45) is 5.92 Å². The summed E-state index contributed by atoms with van der Waals surface area (Å²) in [7, 11) is 0. The molecule has 3 rings (SSSR count). The van der Waals surface area contributed by atoms with Gasteiger partial charge in [0, 0.05) is 16.1 Å². The van der Waals surface area contributed by atoms with Crippen molar-refractivity contribution in [3.05, 3.63) is 46.1 Å². The van der Waals surface area contributed by atoms with Gasteiger partial charge in [-0.25, -0.2) is 0 Å². The van der Waals surface area contributed by atoms with Gasteiger partial charge < -0.3 is 5.32 Å². The molecule has 0 aromatic carbocycles. The van der Waals surface area contributed by atoms with Crippen molar-refractivity contribution in [2.45, 2.75) is 18.9 Å². The van der Waals surface area contributed by atoms with Gasteiger partial charge in [-0.15, -0.1) is 0 Å². The van der Waals surface area contributed by atoms with E-state index >= 15 is 0 Å². The Labute approximate surface area is 92.4 Å². The van der Waals surface area contributed by atoms with Gasteiger partial charge in [-0.1, -0.05) is 46.3 Å². The van der Waals surface area contributed by atoms with Crippen molar-refractivity contribution in [3.63, 3.8) is 0 Å². The predicted molar refractivity (Wildman–Crippen MR) is 62.0 cm³/mol. The Morgan fingerprint density at radius 1 is 1.29 bits per heavy atom. The summed E-state index contributed by atoms with van der Waals surface area (Å²) >= 11 is 3.54. The van der Waals surface area contributed by atoms with Gasteiger partial charge in [0.2, 0.25) is 0 Å². The fourth-order valence-electron chi connectivity index (χ4n) is 2.40. The Morgan fingerprint density at radius 3 is 3.07 bits per heavy atom. The second-order valence-electron chi connectivity index (χ2n) is 3.96. The monoisotopic (exact) mass is 249 g/mol. The summed E-state index contributed by atoms with van der Waals surface area (Å²) in [5.74, 6) is 0.543. The molecular formula is C12H12BrN. The predicted octanol–water partition coefficient (Wildman–Crippen LogP) is 3.03. The number of halogens is 1. The first kappa shape index (κ1) is 8.54. The molecule has 0 saturated carbocycles. The van der Waals surface area contributed by atoms with Crippen LogP contribution < -0.4 is 5.32 Å². The molecule has 0 aromatic rings. The van der Waals surface area contributed by atoms with Crippen LogP contribution in [0.1, 0.15) is 12.8 Å². The fourth-order valence-corrected chi connectivity index (χ4v) is 2.84. The molecule has 0 bridgehead atoms. The number of allylic oxidation sites excluding steroid dienone is 5. The van der Waals surface area contributed by atoms with Crippen LogP contribution in [0.3, 0.4) is 0 Å². The van der Waals surface area contributed by atoms with E-state index in [1.807, 2.05) is 0 Å². The molecular weight excluding hydrogens is 238 g/mol. The third kappa shape index (κ3) is 1.21. The molecule has 0 spiro atoms. The average Bonchev–Trinajstić information content (AvgIpc) is 2.56. The Balaban J connectivity index is 2.03. The zero-order valence-corrected chi connectivity index (χ0v) is 9.42. The first-order chi connectivity index (χ1) is 6.84. The number of nitrogens with one attached hydrogen (secondary N) is 1. The van der Waals surface area contributed by atoms with Gasteiger partial charge in [0.25, 0.3) is 0 Å². The van der Waals surface area contributed by atoms with E-state index in [-0.39, 0.29) is 0 Å². The summed E-state index contributed by atoms with van der Waals surface area (Å²) in [5, 5.41) is 3.56. The first-order valence-corrected chi connectivity index (χ1v) is 5.86. The van der Waals surface area contributed by atoms with Gasteiger partial charge in [0.05, 0.1) is 6.04 Å². The summed E-state index contributed by atoms with van der Waals surface area (Å²) in [4.78, 5) is 0. The van der Waals surface area contributed by atoms with E-state index in [0.29, 0.717) is 12.0 Å². The van der Waals surface area contributed by atoms with Crippen molar-refractivity contribution in [1.29, 1.82) is 0 Å². The third-order valence-electron chi connectivity index (χ3n) is 3.06. The summed E-state index contributed by atoms with van der Waals surface area (Å²) in [6, 6.07) is 0.479. The number of hydrogen-bond donors (Lipinski definition) is 1. The van der Waals surface area contributed by atoms with Crippen molar-refractivity contribution in [1.82, 2.24) is 5.32 Å². The second kappa shape index (κ2) is 3.13. The first-order valence-electron chi connectivity index (χ1n) is 5.07. The molecule has 2 atom stereocenters. The van der Waals surface area contributed by atoms with Crippen LogP contribution in [0.5, 0.6) is 0 Å². The molecule has 3 aliphatic rings. The van der Waals surface area contributed by atoms with E-state index in [1.165, 1.54) is 28.6 Å². The lowest BCUT2D eigenvalue weighted by Crippen LogP contribution is -2.24. The number of rotatable bonds is 0. The minimum Gasteiger partial charge on any atom is -0.378 e. The lowest BCUT2D eigenvalue weighted by Gasteiger charge is -2.16. The molecule has 0 aromatic heterocycles. The summed E-state index contributed by atoms with van der Waals surface area (Å²) in [6.45, 7) is 0. The molecule has 2 aliphatic carbocycles. The van der Waals surface area contributed by atoms with E-state index in [1.54, 1.807) is 0 Å². The van der Waals surface area contributed by atoms with Gasteiger partial charge in [-0.2, -0.15) is 0 Å². The fraction of sp³-hybridized carbons (Fsp3) is 0.333. The molecule has 1 heterocycles. The van der Waals surface area contributed by atoms with Crippen LogP contribution in [-0.2, 0) is 0 Å². The van der Waals surface area contributed by atoms with E-state index in [9.17, 15) is 0 Å². The number of hydrogen-bond acceptors (Lipinski definition) is 1. The van der Waals surface area contributed by atoms with Crippen LogP contribution in [0.25, 0.3) is 0 Å². The molecule has 1 N–H and O–H groups in total. The van der Waals surface area contributed by atoms with Gasteiger partial charge >= 0.3 is 0 Å². The molecule has 1 nitrogen and oxygen atoms in total. The Kier molecular flexibility index (Phi) is 1.91. The highest BCUT2D eigenvalue weighted by molar-refractivity contribution is 9.11. The van der Waals surface area contributed by atoms with Gasteiger partial charge in [-0.05, 0) is 18.4 Å². The van der Waals surface area contributed by atoms with Gasteiger partial charge in [0.1, 0.15) is 0 Å². The van der Waals surface area contributed by atoms with Crippen molar-refractivity contribution in [2.75, 3.05) is 0 Å². The van der Waals surface area contributed by atoms with E-state index in [2.05, 4.69) is 51.6 Å². The van der Waals surface area contributed by atoms with Crippen LogP contribution in [0.4, 0.5) is 0 Å². The minimum absolute atomic E-state index is 0.479. The maximum atomic E-state index is 3.56. The molecule has 72 valence electrons. The highest BCUT2D eigenvalue weighted by atomic mass is 79.9. The molecule has 14 heavy (non-hydrogen) atoms. The highest BCUT2D eigenvalue weighted by Gasteiger charge is 2.33. The maximum absolute atomic E-state index is 3.56. The molecule has 0 amide bonds. The lowest BCUT2D eigenvalue weighted by atomic mass is 9.89. The summed E-state index contributed by atoms with van der Waals surface area (Å²) in [6.07, 6.45) is 13.8. The van der Waals surface area contributed by atoms with Crippen LogP contribution >= 0.6 is 15.9 Å². The second-order valence-corrected chi connectivity index (χ2v) is 4.88. The zero-order chi connectivity index (χ0) is 9.54. The Hall–Kier alpha value is -0.760. The normalized spacial score (nSPS) is 33.6. The van der Waals surface area contributed by atoms with Crippen LogP contribution in [0.15, 0.2) is 46.1 Å². The van der Waals surface area contributed by atoms with Crippen molar-refractivity contribution in [3.8, 4) is 0 Å². The number of fused-ring (bicyclic) bond motifs is 3. The van der Waals surface area contributed by atoms with Crippen molar-refractivity contribution < 1.29 is 0 Å². The van der Waals surface area contributed by atoms with Gasteiger partial charge in [-0.3, -0.25) is 0 Å². The minimum atomic E-state index is 0.479. The highest BCUT2D eigenvalue weighted by Crippen LogP contribution is 2.38. The quantitative estimate of drug-likeness (QED) is 0.696.